The van der Waals surface area contributed by atoms with Gasteiger partial charge in [-0.15, -0.1) is 13.2 Å². The average molecular weight is 494 g/mol. The molecule has 0 aromatic heterocycles. The van der Waals surface area contributed by atoms with Crippen molar-refractivity contribution in [2.24, 2.45) is 0 Å². The Morgan fingerprint density at radius 1 is 1.14 bits per heavy atom. The normalized spacial score (nSPS) is 15.1. The quantitative estimate of drug-likeness (QED) is 0.271. The van der Waals surface area contributed by atoms with Gasteiger partial charge in [0.1, 0.15) is 11.9 Å². The van der Waals surface area contributed by atoms with Crippen molar-refractivity contribution in [3.8, 4) is 11.1 Å². The minimum atomic E-state index is -0.549. The molecule has 7 heteroatoms. The molecule has 1 saturated heterocycles. The lowest BCUT2D eigenvalue weighted by Gasteiger charge is -2.22. The molecule has 1 atom stereocenters. The number of cyclic esters (lactones) is 1. The largest absolute Gasteiger partial charge is 0.442 e. The summed E-state index contributed by atoms with van der Waals surface area (Å²) in [5.41, 5.74) is 2.86. The van der Waals surface area contributed by atoms with Crippen LogP contribution in [0.4, 0.5) is 14.9 Å². The standard InChI is InChI=1S/C29H36FN3O3/c1-4-6-8-16-32(17-9-7-5-2)20-23-10-12-24(13-11-23)27-15-14-25(18-28(27)30)33-21-26(36-29(33)35)19-31-22(3)34/h4-5,10-15,18,26H,1-2,6-9,16-17,19-21H2,3H3,(H,31,34)/t26-/m0/s1. The molecule has 0 radical (unpaired) electrons. The SMILES string of the molecule is C=CCCCN(CCCC=C)Cc1ccc(-c2ccc(N3C[C@H](CNC(C)=O)OC3=O)cc2F)cc1. The molecular weight excluding hydrogens is 457 g/mol. The number of rotatable bonds is 14. The summed E-state index contributed by atoms with van der Waals surface area (Å²) in [5, 5.41) is 2.64. The highest BCUT2D eigenvalue weighted by molar-refractivity contribution is 5.90. The molecular formula is C29H36FN3O3. The van der Waals surface area contributed by atoms with Gasteiger partial charge in [0.15, 0.2) is 0 Å². The number of amides is 2. The first-order valence-corrected chi connectivity index (χ1v) is 12.5. The summed E-state index contributed by atoms with van der Waals surface area (Å²) in [4.78, 5) is 27.2. The van der Waals surface area contributed by atoms with Gasteiger partial charge < -0.3 is 10.1 Å². The van der Waals surface area contributed by atoms with Gasteiger partial charge in [0, 0.05) is 19.0 Å². The second-order valence-corrected chi connectivity index (χ2v) is 9.05. The van der Waals surface area contributed by atoms with Gasteiger partial charge in [-0.3, -0.25) is 14.6 Å². The number of allylic oxidation sites excluding steroid dienone is 2. The van der Waals surface area contributed by atoms with Crippen LogP contribution in [-0.2, 0) is 16.1 Å². The highest BCUT2D eigenvalue weighted by Crippen LogP contribution is 2.29. The van der Waals surface area contributed by atoms with Gasteiger partial charge in [-0.1, -0.05) is 36.4 Å². The van der Waals surface area contributed by atoms with Crippen LogP contribution in [0.2, 0.25) is 0 Å². The molecule has 0 spiro atoms. The van der Waals surface area contributed by atoms with Gasteiger partial charge in [0.2, 0.25) is 5.91 Å². The third-order valence-electron chi connectivity index (χ3n) is 6.15. The number of unbranched alkanes of at least 4 members (excludes halogenated alkanes) is 2. The molecule has 2 amide bonds. The Hall–Kier alpha value is -3.45. The lowest BCUT2D eigenvalue weighted by atomic mass is 10.0. The van der Waals surface area contributed by atoms with Crippen LogP contribution in [0.3, 0.4) is 0 Å². The smallest absolute Gasteiger partial charge is 0.414 e. The van der Waals surface area contributed by atoms with Crippen LogP contribution >= 0.6 is 0 Å². The van der Waals surface area contributed by atoms with Gasteiger partial charge in [0.25, 0.3) is 0 Å². The summed E-state index contributed by atoms with van der Waals surface area (Å²) in [7, 11) is 0. The molecule has 2 aromatic carbocycles. The third kappa shape index (κ3) is 7.78. The van der Waals surface area contributed by atoms with E-state index < -0.39 is 18.0 Å². The van der Waals surface area contributed by atoms with Crippen molar-refractivity contribution in [1.82, 2.24) is 10.2 Å². The maximum absolute atomic E-state index is 15.1. The minimum Gasteiger partial charge on any atom is -0.442 e. The Kier molecular flexibility index (Phi) is 10.2. The first-order valence-electron chi connectivity index (χ1n) is 12.5. The zero-order chi connectivity index (χ0) is 25.9. The number of carbonyl (C=O) groups excluding carboxylic acids is 2. The Morgan fingerprint density at radius 3 is 2.39 bits per heavy atom. The molecule has 0 saturated carbocycles. The summed E-state index contributed by atoms with van der Waals surface area (Å²) in [5.74, 6) is -0.604. The fourth-order valence-corrected chi connectivity index (χ4v) is 4.24. The molecule has 192 valence electrons. The van der Waals surface area contributed by atoms with E-state index in [9.17, 15) is 9.59 Å². The molecule has 1 heterocycles. The van der Waals surface area contributed by atoms with Crippen LogP contribution in [0.5, 0.6) is 0 Å². The zero-order valence-electron chi connectivity index (χ0n) is 21.0. The Balaban J connectivity index is 1.65. The lowest BCUT2D eigenvalue weighted by molar-refractivity contribution is -0.119. The van der Waals surface area contributed by atoms with E-state index in [0.29, 0.717) is 11.3 Å². The number of nitrogens with one attached hydrogen (secondary N) is 1. The molecule has 1 aliphatic heterocycles. The van der Waals surface area contributed by atoms with E-state index in [2.05, 4.69) is 23.4 Å². The number of benzene rings is 2. The van der Waals surface area contributed by atoms with Gasteiger partial charge in [-0.05, 0) is 68.1 Å². The maximum atomic E-state index is 15.1. The van der Waals surface area contributed by atoms with Gasteiger partial charge in [-0.2, -0.15) is 0 Å². The number of halogens is 1. The van der Waals surface area contributed by atoms with E-state index in [1.54, 1.807) is 12.1 Å². The highest BCUT2D eigenvalue weighted by atomic mass is 19.1. The Labute approximate surface area is 213 Å². The van der Waals surface area contributed by atoms with Gasteiger partial charge >= 0.3 is 6.09 Å². The van der Waals surface area contributed by atoms with Crippen LogP contribution < -0.4 is 10.2 Å². The van der Waals surface area contributed by atoms with Crippen molar-refractivity contribution in [1.29, 1.82) is 0 Å². The van der Waals surface area contributed by atoms with E-state index >= 15 is 4.39 Å². The van der Waals surface area contributed by atoms with Crippen LogP contribution in [0, 0.1) is 5.82 Å². The van der Waals surface area contributed by atoms with Crippen molar-refractivity contribution in [2.45, 2.75) is 45.3 Å². The molecule has 1 fully saturated rings. The second kappa shape index (κ2) is 13.6. The summed E-state index contributed by atoms with van der Waals surface area (Å²) in [6, 6.07) is 12.7. The summed E-state index contributed by atoms with van der Waals surface area (Å²) in [6.07, 6.45) is 7.03. The third-order valence-corrected chi connectivity index (χ3v) is 6.15. The Bertz CT molecular complexity index is 1040. The highest BCUT2D eigenvalue weighted by Gasteiger charge is 2.32. The molecule has 1 aliphatic rings. The zero-order valence-corrected chi connectivity index (χ0v) is 21.0. The number of hydrogen-bond acceptors (Lipinski definition) is 4. The van der Waals surface area contributed by atoms with Crippen molar-refractivity contribution < 1.29 is 18.7 Å². The number of carbonyl (C=O) groups is 2. The molecule has 0 aliphatic carbocycles. The van der Waals surface area contributed by atoms with Crippen molar-refractivity contribution in [3.05, 3.63) is 79.2 Å². The number of nitrogens with zero attached hydrogens (tertiary/aromatic N) is 2. The first-order chi connectivity index (χ1) is 17.4. The first kappa shape index (κ1) is 27.1. The van der Waals surface area contributed by atoms with Crippen molar-refractivity contribution in [3.63, 3.8) is 0 Å². The van der Waals surface area contributed by atoms with Crippen LogP contribution in [0.15, 0.2) is 67.8 Å². The summed E-state index contributed by atoms with van der Waals surface area (Å²) in [6.45, 7) is 12.4. The lowest BCUT2D eigenvalue weighted by Crippen LogP contribution is -2.33. The van der Waals surface area contributed by atoms with Crippen molar-refractivity contribution in [2.75, 3.05) is 31.1 Å². The Morgan fingerprint density at radius 2 is 1.81 bits per heavy atom. The molecule has 3 rings (SSSR count). The molecule has 36 heavy (non-hydrogen) atoms. The predicted octanol–water partition coefficient (Wildman–Crippen LogP) is 5.69. The van der Waals surface area contributed by atoms with Crippen LogP contribution in [0.25, 0.3) is 11.1 Å². The maximum Gasteiger partial charge on any atom is 0.414 e. The minimum absolute atomic E-state index is 0.195. The van der Waals surface area contributed by atoms with E-state index in [0.717, 1.165) is 50.9 Å². The van der Waals surface area contributed by atoms with Gasteiger partial charge in [0.05, 0.1) is 18.8 Å². The van der Waals surface area contributed by atoms with E-state index in [1.165, 1.54) is 23.5 Å². The molecule has 0 bridgehead atoms. The topological polar surface area (TPSA) is 61.9 Å². The number of anilines is 1. The average Bonchev–Trinajstić information content (AvgIpc) is 3.24. The van der Waals surface area contributed by atoms with Crippen molar-refractivity contribution >= 4 is 17.7 Å². The van der Waals surface area contributed by atoms with Crippen LogP contribution in [0.1, 0.15) is 38.2 Å². The monoisotopic (exact) mass is 493 g/mol. The van der Waals surface area contributed by atoms with Crippen LogP contribution in [-0.4, -0.2) is 49.2 Å². The molecule has 6 nitrogen and oxygen atoms in total. The fraction of sp³-hybridized carbons (Fsp3) is 0.379. The number of ether oxygens (including phenoxy) is 1. The molecule has 1 N–H and O–H groups in total. The number of hydrogen-bond donors (Lipinski definition) is 1. The summed E-state index contributed by atoms with van der Waals surface area (Å²) < 4.78 is 20.3. The molecule has 2 aromatic rings. The summed E-state index contributed by atoms with van der Waals surface area (Å²) >= 11 is 0. The fourth-order valence-electron chi connectivity index (χ4n) is 4.24. The van der Waals surface area contributed by atoms with Gasteiger partial charge in [-0.25, -0.2) is 9.18 Å². The van der Waals surface area contributed by atoms with E-state index in [1.807, 2.05) is 36.4 Å². The van der Waals surface area contributed by atoms with E-state index in [4.69, 9.17) is 4.74 Å². The predicted molar refractivity (Wildman–Crippen MR) is 142 cm³/mol. The molecule has 0 unspecified atom stereocenters. The second-order valence-electron chi connectivity index (χ2n) is 9.05. The van der Waals surface area contributed by atoms with E-state index in [-0.39, 0.29) is 19.0 Å².